The molecule has 0 saturated heterocycles. The Hall–Kier alpha value is -4.56. The van der Waals surface area contributed by atoms with Gasteiger partial charge in [0, 0.05) is 43.7 Å². The van der Waals surface area contributed by atoms with Crippen LogP contribution in [0, 0.1) is 0 Å². The van der Waals surface area contributed by atoms with Crippen LogP contribution in [-0.4, -0.2) is 9.55 Å². The first kappa shape index (κ1) is 17.9. The number of para-hydroxylation sites is 2. The van der Waals surface area contributed by atoms with Crippen LogP contribution in [0.25, 0.3) is 70.8 Å². The van der Waals surface area contributed by atoms with Gasteiger partial charge in [-0.25, -0.2) is 0 Å². The highest BCUT2D eigenvalue weighted by Gasteiger charge is 2.21. The van der Waals surface area contributed by atoms with E-state index in [1.807, 2.05) is 0 Å². The minimum Gasteiger partial charge on any atom is -0.354 e. The maximum atomic E-state index is 3.66. The summed E-state index contributed by atoms with van der Waals surface area (Å²) < 4.78 is 2.46. The molecule has 2 nitrogen and oxygen atoms in total. The summed E-state index contributed by atoms with van der Waals surface area (Å²) in [4.78, 5) is 3.66. The van der Waals surface area contributed by atoms with E-state index in [1.165, 1.54) is 70.8 Å². The molecule has 0 fully saturated rings. The molecule has 2 heteroatoms. The SMILES string of the molecule is c1ccc(-n2c3ccc4[nH]c5ccccc5c4c3c3c4ccccc4c4ccccc4c32)cc1. The van der Waals surface area contributed by atoms with Gasteiger partial charge in [0.2, 0.25) is 0 Å². The molecule has 2 aromatic heterocycles. The first-order valence-electron chi connectivity index (χ1n) is 11.7. The third-order valence-electron chi connectivity index (χ3n) is 7.28. The van der Waals surface area contributed by atoms with Crippen LogP contribution in [0.2, 0.25) is 0 Å². The van der Waals surface area contributed by atoms with Gasteiger partial charge >= 0.3 is 0 Å². The van der Waals surface area contributed by atoms with E-state index in [0.29, 0.717) is 0 Å². The van der Waals surface area contributed by atoms with Crippen molar-refractivity contribution in [2.24, 2.45) is 0 Å². The number of rotatable bonds is 1. The van der Waals surface area contributed by atoms with E-state index in [9.17, 15) is 0 Å². The molecular formula is C32H20N2. The normalized spacial score (nSPS) is 12.1. The van der Waals surface area contributed by atoms with E-state index in [2.05, 4.69) is 125 Å². The Bertz CT molecular complexity index is 2060. The van der Waals surface area contributed by atoms with Crippen molar-refractivity contribution in [3.8, 4) is 5.69 Å². The van der Waals surface area contributed by atoms with Gasteiger partial charge in [-0.3, -0.25) is 0 Å². The number of nitrogens with one attached hydrogen (secondary N) is 1. The number of aromatic amines is 1. The van der Waals surface area contributed by atoms with E-state index in [4.69, 9.17) is 0 Å². The number of nitrogens with zero attached hydrogens (tertiary/aromatic N) is 1. The van der Waals surface area contributed by atoms with Crippen LogP contribution in [0.4, 0.5) is 0 Å². The second-order valence-corrected chi connectivity index (χ2v) is 9.04. The molecular weight excluding hydrogens is 412 g/mol. The molecule has 6 aromatic carbocycles. The number of H-pyrrole nitrogens is 1. The summed E-state index contributed by atoms with van der Waals surface area (Å²) in [5, 5.41) is 10.4. The molecule has 34 heavy (non-hydrogen) atoms. The lowest BCUT2D eigenvalue weighted by Gasteiger charge is -2.12. The molecule has 0 unspecified atom stereocenters. The van der Waals surface area contributed by atoms with Crippen molar-refractivity contribution in [1.29, 1.82) is 0 Å². The van der Waals surface area contributed by atoms with Crippen molar-refractivity contribution < 1.29 is 0 Å². The Kier molecular flexibility index (Phi) is 3.42. The highest BCUT2D eigenvalue weighted by Crippen LogP contribution is 2.45. The number of fused-ring (bicyclic) bond motifs is 12. The van der Waals surface area contributed by atoms with Crippen molar-refractivity contribution in [3.63, 3.8) is 0 Å². The number of hydrogen-bond donors (Lipinski definition) is 1. The molecule has 8 aromatic rings. The predicted molar refractivity (Wildman–Crippen MR) is 145 cm³/mol. The molecule has 0 saturated carbocycles. The Balaban J connectivity index is 1.79. The molecule has 0 aliphatic heterocycles. The van der Waals surface area contributed by atoms with Gasteiger partial charge in [0.05, 0.1) is 11.0 Å². The molecule has 0 aliphatic carbocycles. The van der Waals surface area contributed by atoms with Crippen LogP contribution in [0.5, 0.6) is 0 Å². The van der Waals surface area contributed by atoms with Gasteiger partial charge in [-0.1, -0.05) is 84.9 Å². The fourth-order valence-corrected chi connectivity index (χ4v) is 5.94. The highest BCUT2D eigenvalue weighted by molar-refractivity contribution is 6.38. The summed E-state index contributed by atoms with van der Waals surface area (Å²) >= 11 is 0. The Morgan fingerprint density at radius 1 is 0.412 bits per heavy atom. The van der Waals surface area contributed by atoms with Crippen molar-refractivity contribution in [3.05, 3.63) is 115 Å². The quantitative estimate of drug-likeness (QED) is 0.250. The average Bonchev–Trinajstić information content (AvgIpc) is 3.45. The lowest BCUT2D eigenvalue weighted by molar-refractivity contribution is 1.19. The Labute approximate surface area is 195 Å². The summed E-state index contributed by atoms with van der Waals surface area (Å²) in [6, 6.07) is 41.6. The summed E-state index contributed by atoms with van der Waals surface area (Å²) in [6.07, 6.45) is 0. The van der Waals surface area contributed by atoms with Crippen LogP contribution in [0.1, 0.15) is 0 Å². The maximum Gasteiger partial charge on any atom is 0.0626 e. The third-order valence-corrected chi connectivity index (χ3v) is 7.28. The van der Waals surface area contributed by atoms with Crippen LogP contribution < -0.4 is 0 Å². The predicted octanol–water partition coefficient (Wildman–Crippen LogP) is 8.72. The van der Waals surface area contributed by atoms with Gasteiger partial charge in [0.25, 0.3) is 0 Å². The zero-order chi connectivity index (χ0) is 22.2. The monoisotopic (exact) mass is 432 g/mol. The minimum absolute atomic E-state index is 1.18. The van der Waals surface area contributed by atoms with Gasteiger partial charge in [-0.05, 0) is 46.5 Å². The Morgan fingerprint density at radius 3 is 1.82 bits per heavy atom. The highest BCUT2D eigenvalue weighted by atomic mass is 15.0. The smallest absolute Gasteiger partial charge is 0.0626 e. The average molecular weight is 433 g/mol. The first-order chi connectivity index (χ1) is 16.9. The standard InChI is InChI=1S/C32H20N2/c1-2-10-20(11-3-1)34-28-19-18-27-29(25-16-8-9-17-26(25)33-27)31(28)30-23-14-6-4-12-21(23)22-13-5-7-15-24(22)32(30)34/h1-19,33H. The van der Waals surface area contributed by atoms with E-state index in [0.717, 1.165) is 0 Å². The number of benzene rings is 6. The van der Waals surface area contributed by atoms with Crippen molar-refractivity contribution in [2.75, 3.05) is 0 Å². The van der Waals surface area contributed by atoms with E-state index < -0.39 is 0 Å². The van der Waals surface area contributed by atoms with Crippen LogP contribution in [0.15, 0.2) is 115 Å². The summed E-state index contributed by atoms with van der Waals surface area (Å²) in [5.74, 6) is 0. The van der Waals surface area contributed by atoms with Crippen LogP contribution in [0.3, 0.4) is 0 Å². The number of hydrogen-bond acceptors (Lipinski definition) is 0. The number of aromatic nitrogens is 2. The fourth-order valence-electron chi connectivity index (χ4n) is 5.94. The lowest BCUT2D eigenvalue weighted by atomic mass is 9.95. The topological polar surface area (TPSA) is 20.7 Å². The van der Waals surface area contributed by atoms with Crippen molar-refractivity contribution >= 4 is 65.2 Å². The van der Waals surface area contributed by atoms with Gasteiger partial charge in [-0.2, -0.15) is 0 Å². The van der Waals surface area contributed by atoms with Crippen LogP contribution >= 0.6 is 0 Å². The van der Waals surface area contributed by atoms with Gasteiger partial charge in [0.15, 0.2) is 0 Å². The molecule has 8 rings (SSSR count). The Morgan fingerprint density at radius 2 is 1.03 bits per heavy atom. The molecule has 1 N–H and O–H groups in total. The third kappa shape index (κ3) is 2.20. The second-order valence-electron chi connectivity index (χ2n) is 9.04. The van der Waals surface area contributed by atoms with E-state index in [1.54, 1.807) is 0 Å². The molecule has 158 valence electrons. The van der Waals surface area contributed by atoms with E-state index in [-0.39, 0.29) is 0 Å². The molecule has 0 bridgehead atoms. The van der Waals surface area contributed by atoms with Gasteiger partial charge < -0.3 is 9.55 Å². The van der Waals surface area contributed by atoms with Crippen LogP contribution in [-0.2, 0) is 0 Å². The minimum atomic E-state index is 1.18. The first-order valence-corrected chi connectivity index (χ1v) is 11.7. The fraction of sp³-hybridized carbons (Fsp3) is 0. The largest absolute Gasteiger partial charge is 0.354 e. The second kappa shape index (κ2) is 6.49. The van der Waals surface area contributed by atoms with Crippen molar-refractivity contribution in [1.82, 2.24) is 9.55 Å². The maximum absolute atomic E-state index is 3.66. The zero-order valence-corrected chi connectivity index (χ0v) is 18.4. The molecule has 2 heterocycles. The molecule has 0 amide bonds. The zero-order valence-electron chi connectivity index (χ0n) is 18.4. The summed E-state index contributed by atoms with van der Waals surface area (Å²) in [6.45, 7) is 0. The molecule has 0 aliphatic rings. The van der Waals surface area contributed by atoms with Gasteiger partial charge in [0.1, 0.15) is 0 Å². The molecule has 0 radical (unpaired) electrons. The van der Waals surface area contributed by atoms with E-state index >= 15 is 0 Å². The van der Waals surface area contributed by atoms with Gasteiger partial charge in [-0.15, -0.1) is 0 Å². The summed E-state index contributed by atoms with van der Waals surface area (Å²) in [5.41, 5.74) is 6.05. The lowest BCUT2D eigenvalue weighted by Crippen LogP contribution is -1.94. The molecule has 0 atom stereocenters. The summed E-state index contributed by atoms with van der Waals surface area (Å²) in [7, 11) is 0. The molecule has 0 spiro atoms. The van der Waals surface area contributed by atoms with Crippen molar-refractivity contribution in [2.45, 2.75) is 0 Å².